The van der Waals surface area contributed by atoms with E-state index in [-0.39, 0.29) is 0 Å². The van der Waals surface area contributed by atoms with E-state index >= 15 is 0 Å². The summed E-state index contributed by atoms with van der Waals surface area (Å²) < 4.78 is 0.839. The number of anilines is 3. The Kier molecular flexibility index (Phi) is 3.92. The standard InChI is InChI=1S/C14H11BrClN5/c15-10-6-5-8(7-11(10)16)18-13-9-3-1-2-4-12(9)19-14(20-13)21-17/h1-7H,17H2,(H2,18,19,20,21). The third kappa shape index (κ3) is 2.92. The first-order valence-corrected chi connectivity index (χ1v) is 7.30. The van der Waals surface area contributed by atoms with E-state index in [0.717, 1.165) is 21.1 Å². The Balaban J connectivity index is 2.08. The molecule has 0 spiro atoms. The van der Waals surface area contributed by atoms with Gasteiger partial charge in [0, 0.05) is 15.5 Å². The van der Waals surface area contributed by atoms with Gasteiger partial charge in [-0.3, -0.25) is 5.43 Å². The molecule has 1 aromatic heterocycles. The van der Waals surface area contributed by atoms with Crippen LogP contribution in [0.25, 0.3) is 10.9 Å². The lowest BCUT2D eigenvalue weighted by atomic mass is 10.2. The Morgan fingerprint density at radius 2 is 1.90 bits per heavy atom. The molecule has 106 valence electrons. The number of hydrazine groups is 1. The summed E-state index contributed by atoms with van der Waals surface area (Å²) in [5.74, 6) is 6.42. The SMILES string of the molecule is NNc1nc(Nc2ccc(Br)c(Cl)c2)c2ccccc2n1. The second kappa shape index (κ2) is 5.85. The van der Waals surface area contributed by atoms with Crippen molar-refractivity contribution in [1.29, 1.82) is 0 Å². The van der Waals surface area contributed by atoms with Crippen LogP contribution in [0.1, 0.15) is 0 Å². The summed E-state index contributed by atoms with van der Waals surface area (Å²) in [5.41, 5.74) is 4.10. The fourth-order valence-electron chi connectivity index (χ4n) is 1.95. The van der Waals surface area contributed by atoms with E-state index in [4.69, 9.17) is 17.4 Å². The first-order valence-electron chi connectivity index (χ1n) is 6.13. The van der Waals surface area contributed by atoms with Crippen LogP contribution in [0.5, 0.6) is 0 Å². The van der Waals surface area contributed by atoms with Gasteiger partial charge in [0.05, 0.1) is 10.5 Å². The fourth-order valence-corrected chi connectivity index (χ4v) is 2.37. The number of fused-ring (bicyclic) bond motifs is 1. The van der Waals surface area contributed by atoms with Gasteiger partial charge in [-0.15, -0.1) is 0 Å². The van der Waals surface area contributed by atoms with E-state index in [0.29, 0.717) is 16.8 Å². The van der Waals surface area contributed by atoms with E-state index in [1.807, 2.05) is 42.5 Å². The van der Waals surface area contributed by atoms with Gasteiger partial charge in [-0.2, -0.15) is 4.98 Å². The lowest BCUT2D eigenvalue weighted by molar-refractivity contribution is 1.15. The Labute approximate surface area is 134 Å². The molecule has 0 aliphatic carbocycles. The molecule has 7 heteroatoms. The number of nitrogen functional groups attached to an aromatic ring is 1. The molecular formula is C14H11BrClN5. The van der Waals surface area contributed by atoms with Crippen molar-refractivity contribution in [3.63, 3.8) is 0 Å². The van der Waals surface area contributed by atoms with Crippen molar-refractivity contribution in [2.75, 3.05) is 10.7 Å². The Hall–Kier alpha value is -1.89. The third-order valence-corrected chi connectivity index (χ3v) is 4.15. The summed E-state index contributed by atoms with van der Waals surface area (Å²) in [6.45, 7) is 0. The maximum absolute atomic E-state index is 6.10. The molecule has 0 amide bonds. The highest BCUT2D eigenvalue weighted by Crippen LogP contribution is 2.29. The number of nitrogens with two attached hydrogens (primary N) is 1. The molecule has 0 aliphatic heterocycles. The number of benzene rings is 2. The zero-order valence-corrected chi connectivity index (χ0v) is 13.1. The van der Waals surface area contributed by atoms with Crippen molar-refractivity contribution < 1.29 is 0 Å². The van der Waals surface area contributed by atoms with E-state index < -0.39 is 0 Å². The maximum atomic E-state index is 6.10. The smallest absolute Gasteiger partial charge is 0.239 e. The van der Waals surface area contributed by atoms with Crippen LogP contribution in [0.15, 0.2) is 46.9 Å². The lowest BCUT2D eigenvalue weighted by Gasteiger charge is -2.11. The minimum Gasteiger partial charge on any atom is -0.340 e. The average molecular weight is 365 g/mol. The van der Waals surface area contributed by atoms with Gasteiger partial charge in [-0.25, -0.2) is 10.8 Å². The van der Waals surface area contributed by atoms with Crippen LogP contribution in [-0.4, -0.2) is 9.97 Å². The van der Waals surface area contributed by atoms with Gasteiger partial charge in [-0.05, 0) is 46.3 Å². The minimum atomic E-state index is 0.347. The minimum absolute atomic E-state index is 0.347. The number of nitrogens with zero attached hydrogens (tertiary/aromatic N) is 2. The van der Waals surface area contributed by atoms with Crippen molar-refractivity contribution >= 4 is 55.9 Å². The molecule has 1 heterocycles. The summed E-state index contributed by atoms with van der Waals surface area (Å²) in [6.07, 6.45) is 0. The molecule has 0 unspecified atom stereocenters. The number of para-hydroxylation sites is 1. The molecule has 3 aromatic rings. The second-order valence-corrected chi connectivity index (χ2v) is 5.57. The lowest BCUT2D eigenvalue weighted by Crippen LogP contribution is -2.11. The van der Waals surface area contributed by atoms with E-state index in [9.17, 15) is 0 Å². The Morgan fingerprint density at radius 1 is 1.10 bits per heavy atom. The first kappa shape index (κ1) is 14.1. The van der Waals surface area contributed by atoms with E-state index in [1.54, 1.807) is 0 Å². The molecule has 0 atom stereocenters. The molecule has 0 bridgehead atoms. The second-order valence-electron chi connectivity index (χ2n) is 4.31. The summed E-state index contributed by atoms with van der Waals surface area (Å²) in [5, 5.41) is 4.76. The number of nitrogens with one attached hydrogen (secondary N) is 2. The van der Waals surface area contributed by atoms with Gasteiger partial charge in [-0.1, -0.05) is 23.7 Å². The van der Waals surface area contributed by atoms with Crippen molar-refractivity contribution in [2.24, 2.45) is 5.84 Å². The van der Waals surface area contributed by atoms with Gasteiger partial charge in [0.25, 0.3) is 0 Å². The largest absolute Gasteiger partial charge is 0.340 e. The normalized spacial score (nSPS) is 10.6. The van der Waals surface area contributed by atoms with Crippen LogP contribution in [-0.2, 0) is 0 Å². The molecule has 0 radical (unpaired) electrons. The predicted octanol–water partition coefficient (Wildman–Crippen LogP) is 4.07. The monoisotopic (exact) mass is 363 g/mol. The van der Waals surface area contributed by atoms with Crippen molar-refractivity contribution in [1.82, 2.24) is 9.97 Å². The molecule has 4 N–H and O–H groups in total. The summed E-state index contributed by atoms with van der Waals surface area (Å²) in [6, 6.07) is 13.3. The van der Waals surface area contributed by atoms with Gasteiger partial charge in [0.1, 0.15) is 5.82 Å². The Bertz CT molecular complexity index is 808. The highest BCUT2D eigenvalue weighted by atomic mass is 79.9. The van der Waals surface area contributed by atoms with Crippen LogP contribution in [0, 0.1) is 0 Å². The first-order chi connectivity index (χ1) is 10.2. The van der Waals surface area contributed by atoms with E-state index in [1.165, 1.54) is 0 Å². The summed E-state index contributed by atoms with van der Waals surface area (Å²) in [4.78, 5) is 8.66. The predicted molar refractivity (Wildman–Crippen MR) is 89.8 cm³/mol. The number of rotatable bonds is 3. The maximum Gasteiger partial charge on any atom is 0.239 e. The third-order valence-electron chi connectivity index (χ3n) is 2.91. The fraction of sp³-hybridized carbons (Fsp3) is 0. The number of aromatic nitrogens is 2. The number of hydrogen-bond acceptors (Lipinski definition) is 5. The molecule has 0 saturated carbocycles. The zero-order valence-electron chi connectivity index (χ0n) is 10.8. The molecule has 2 aromatic carbocycles. The van der Waals surface area contributed by atoms with Crippen molar-refractivity contribution in [2.45, 2.75) is 0 Å². The van der Waals surface area contributed by atoms with Crippen molar-refractivity contribution in [3.05, 3.63) is 52.0 Å². The average Bonchev–Trinajstić information content (AvgIpc) is 2.51. The Morgan fingerprint density at radius 3 is 2.67 bits per heavy atom. The van der Waals surface area contributed by atoms with E-state index in [2.05, 4.69) is 36.6 Å². The topological polar surface area (TPSA) is 75.9 Å². The quantitative estimate of drug-likeness (QED) is 0.482. The molecule has 0 saturated heterocycles. The molecule has 0 fully saturated rings. The van der Waals surface area contributed by atoms with Crippen LogP contribution in [0.4, 0.5) is 17.5 Å². The van der Waals surface area contributed by atoms with Gasteiger partial charge in [0.2, 0.25) is 5.95 Å². The van der Waals surface area contributed by atoms with Crippen molar-refractivity contribution in [3.8, 4) is 0 Å². The molecule has 21 heavy (non-hydrogen) atoms. The van der Waals surface area contributed by atoms with Gasteiger partial charge >= 0.3 is 0 Å². The van der Waals surface area contributed by atoms with Gasteiger partial charge in [0.15, 0.2) is 0 Å². The highest BCUT2D eigenvalue weighted by molar-refractivity contribution is 9.10. The highest BCUT2D eigenvalue weighted by Gasteiger charge is 2.08. The van der Waals surface area contributed by atoms with Gasteiger partial charge < -0.3 is 5.32 Å². The molecule has 0 aliphatic rings. The molecular weight excluding hydrogens is 354 g/mol. The number of halogens is 2. The molecule has 5 nitrogen and oxygen atoms in total. The van der Waals surface area contributed by atoms with Crippen LogP contribution < -0.4 is 16.6 Å². The van der Waals surface area contributed by atoms with Crippen LogP contribution in [0.2, 0.25) is 5.02 Å². The van der Waals surface area contributed by atoms with Crippen LogP contribution >= 0.6 is 27.5 Å². The number of hydrogen-bond donors (Lipinski definition) is 3. The summed E-state index contributed by atoms with van der Waals surface area (Å²) >= 11 is 9.47. The summed E-state index contributed by atoms with van der Waals surface area (Å²) in [7, 11) is 0. The molecule has 3 rings (SSSR count). The van der Waals surface area contributed by atoms with Crippen LogP contribution in [0.3, 0.4) is 0 Å². The zero-order chi connectivity index (χ0) is 14.8.